The van der Waals surface area contributed by atoms with Gasteiger partial charge in [0.25, 0.3) is 6.01 Å². The van der Waals surface area contributed by atoms with Gasteiger partial charge in [-0.15, -0.1) is 0 Å². The lowest BCUT2D eigenvalue weighted by Gasteiger charge is -2.24. The van der Waals surface area contributed by atoms with Gasteiger partial charge < -0.3 is 24.5 Å². The Morgan fingerprint density at radius 3 is 2.63 bits per heavy atom. The number of methoxy groups -OCH3 is 1. The summed E-state index contributed by atoms with van der Waals surface area (Å²) < 4.78 is 15.5. The van der Waals surface area contributed by atoms with E-state index in [1.54, 1.807) is 20.8 Å². The fraction of sp³-hybridized carbons (Fsp3) is 0.526. The molecule has 2 aromatic rings. The molecule has 1 atom stereocenters. The fourth-order valence-electron chi connectivity index (χ4n) is 2.44. The first-order chi connectivity index (χ1) is 12.8. The summed E-state index contributed by atoms with van der Waals surface area (Å²) in [4.78, 5) is 28.1. The lowest BCUT2D eigenvalue weighted by molar-refractivity contribution is -0.157. The van der Waals surface area contributed by atoms with Crippen molar-refractivity contribution in [3.63, 3.8) is 0 Å². The third kappa shape index (κ3) is 6.80. The molecule has 0 aliphatic heterocycles. The van der Waals surface area contributed by atoms with Crippen molar-refractivity contribution in [1.29, 1.82) is 0 Å². The maximum absolute atomic E-state index is 12.3. The van der Waals surface area contributed by atoms with E-state index in [2.05, 4.69) is 20.4 Å². The molecule has 0 aliphatic rings. The molecule has 0 fully saturated rings. The number of nitrogens with zero attached hydrogens (tertiary/aromatic N) is 1. The molecule has 0 radical (unpaired) electrons. The second-order valence-corrected chi connectivity index (χ2v) is 7.13. The number of anilines is 1. The monoisotopic (exact) mass is 377 g/mol. The summed E-state index contributed by atoms with van der Waals surface area (Å²) >= 11 is 0. The predicted octanol–water partition coefficient (Wildman–Crippen LogP) is 3.48. The number of ether oxygens (including phenoxy) is 2. The summed E-state index contributed by atoms with van der Waals surface area (Å²) in [5.41, 5.74) is 0.904. The topological polar surface area (TPSA) is 103 Å². The average Bonchev–Trinajstić information content (AvgIpc) is 3.01. The van der Waals surface area contributed by atoms with Crippen molar-refractivity contribution in [3.05, 3.63) is 24.3 Å². The number of nitrogens with one attached hydrogen (secondary N) is 2. The summed E-state index contributed by atoms with van der Waals surface area (Å²) in [5, 5.41) is 5.65. The number of esters is 1. The van der Waals surface area contributed by atoms with E-state index < -0.39 is 23.7 Å². The number of amides is 1. The van der Waals surface area contributed by atoms with Crippen LogP contribution in [0.2, 0.25) is 0 Å². The highest BCUT2D eigenvalue weighted by atomic mass is 16.6. The molecule has 27 heavy (non-hydrogen) atoms. The number of rotatable bonds is 8. The third-order valence-corrected chi connectivity index (χ3v) is 3.66. The summed E-state index contributed by atoms with van der Waals surface area (Å²) in [6.45, 7) is 5.98. The molecule has 0 spiro atoms. The summed E-state index contributed by atoms with van der Waals surface area (Å²) in [6, 6.07) is 7.25. The van der Waals surface area contributed by atoms with Gasteiger partial charge in [-0.05, 0) is 52.2 Å². The highest BCUT2D eigenvalue weighted by molar-refractivity contribution is 5.81. The third-order valence-electron chi connectivity index (χ3n) is 3.66. The van der Waals surface area contributed by atoms with Crippen LogP contribution in [-0.4, -0.2) is 42.3 Å². The molecule has 0 saturated heterocycles. The molecule has 1 aromatic heterocycles. The van der Waals surface area contributed by atoms with Gasteiger partial charge in [0.05, 0.1) is 7.11 Å². The van der Waals surface area contributed by atoms with Crippen LogP contribution >= 0.6 is 0 Å². The van der Waals surface area contributed by atoms with Gasteiger partial charge >= 0.3 is 12.1 Å². The van der Waals surface area contributed by atoms with Gasteiger partial charge in [0.1, 0.15) is 17.2 Å². The highest BCUT2D eigenvalue weighted by Gasteiger charge is 2.26. The number of oxazole rings is 1. The summed E-state index contributed by atoms with van der Waals surface area (Å²) in [5.74, 6) is -0.472. The SMILES string of the molecule is COC(=O)NC(CCCCNc1nc2ccccc2o1)C(=O)OC(C)(C)C. The van der Waals surface area contributed by atoms with Crippen LogP contribution in [0.3, 0.4) is 0 Å². The molecule has 1 amide bonds. The average molecular weight is 377 g/mol. The Labute approximate surface area is 158 Å². The van der Waals surface area contributed by atoms with E-state index >= 15 is 0 Å². The predicted molar refractivity (Wildman–Crippen MR) is 102 cm³/mol. The smallest absolute Gasteiger partial charge is 0.407 e. The van der Waals surface area contributed by atoms with Crippen LogP contribution in [0.4, 0.5) is 10.8 Å². The number of unbranched alkanes of at least 4 members (excludes halogenated alkanes) is 1. The number of carbonyl (C=O) groups excluding carboxylic acids is 2. The molecule has 8 nitrogen and oxygen atoms in total. The highest BCUT2D eigenvalue weighted by Crippen LogP contribution is 2.18. The molecular formula is C19H27N3O5. The zero-order chi connectivity index (χ0) is 19.9. The van der Waals surface area contributed by atoms with Gasteiger partial charge in [-0.1, -0.05) is 12.1 Å². The Morgan fingerprint density at radius 2 is 1.96 bits per heavy atom. The second kappa shape index (κ2) is 9.25. The molecule has 0 bridgehead atoms. The molecular weight excluding hydrogens is 350 g/mol. The summed E-state index contributed by atoms with van der Waals surface area (Å²) in [7, 11) is 1.26. The van der Waals surface area contributed by atoms with E-state index in [0.717, 1.165) is 17.5 Å². The second-order valence-electron chi connectivity index (χ2n) is 7.13. The Kier molecular flexibility index (Phi) is 7.04. The normalized spacial score (nSPS) is 12.4. The van der Waals surface area contributed by atoms with Crippen molar-refractivity contribution in [2.24, 2.45) is 0 Å². The first kappa shape index (κ1) is 20.5. The number of hydrogen-bond donors (Lipinski definition) is 2. The van der Waals surface area contributed by atoms with Crippen molar-refractivity contribution in [2.45, 2.75) is 51.7 Å². The van der Waals surface area contributed by atoms with E-state index in [1.807, 2.05) is 24.3 Å². The quantitative estimate of drug-likeness (QED) is 0.536. The minimum absolute atomic E-state index is 0.444. The maximum Gasteiger partial charge on any atom is 0.407 e. The number of benzene rings is 1. The molecule has 148 valence electrons. The maximum atomic E-state index is 12.3. The molecule has 1 heterocycles. The molecule has 8 heteroatoms. The van der Waals surface area contributed by atoms with Gasteiger partial charge in [0.15, 0.2) is 5.58 Å². The van der Waals surface area contributed by atoms with Crippen molar-refractivity contribution in [1.82, 2.24) is 10.3 Å². The molecule has 0 saturated carbocycles. The van der Waals surface area contributed by atoms with Crippen LogP contribution in [0.5, 0.6) is 0 Å². The van der Waals surface area contributed by atoms with E-state index in [4.69, 9.17) is 9.15 Å². The molecule has 2 N–H and O–H groups in total. The Balaban J connectivity index is 1.79. The fourth-order valence-corrected chi connectivity index (χ4v) is 2.44. The van der Waals surface area contributed by atoms with Gasteiger partial charge in [0, 0.05) is 6.54 Å². The van der Waals surface area contributed by atoms with Crippen LogP contribution < -0.4 is 10.6 Å². The molecule has 1 aromatic carbocycles. The van der Waals surface area contributed by atoms with Crippen LogP contribution in [-0.2, 0) is 14.3 Å². The van der Waals surface area contributed by atoms with Crippen molar-refractivity contribution >= 4 is 29.2 Å². The Morgan fingerprint density at radius 1 is 1.22 bits per heavy atom. The van der Waals surface area contributed by atoms with Crippen LogP contribution in [0.1, 0.15) is 40.0 Å². The Hall–Kier alpha value is -2.77. The number of para-hydroxylation sites is 2. The van der Waals surface area contributed by atoms with E-state index in [1.165, 1.54) is 7.11 Å². The van der Waals surface area contributed by atoms with Gasteiger partial charge in [-0.3, -0.25) is 0 Å². The minimum Gasteiger partial charge on any atom is -0.458 e. The van der Waals surface area contributed by atoms with Crippen LogP contribution in [0.15, 0.2) is 28.7 Å². The van der Waals surface area contributed by atoms with Gasteiger partial charge in [0.2, 0.25) is 0 Å². The number of aromatic nitrogens is 1. The number of hydrogen-bond acceptors (Lipinski definition) is 7. The van der Waals surface area contributed by atoms with Gasteiger partial charge in [-0.2, -0.15) is 4.98 Å². The van der Waals surface area contributed by atoms with Crippen LogP contribution in [0, 0.1) is 0 Å². The number of alkyl carbamates (subject to hydrolysis) is 1. The van der Waals surface area contributed by atoms with Crippen LogP contribution in [0.25, 0.3) is 11.1 Å². The van der Waals surface area contributed by atoms with E-state index in [9.17, 15) is 9.59 Å². The minimum atomic E-state index is -0.749. The van der Waals surface area contributed by atoms with Gasteiger partial charge in [-0.25, -0.2) is 9.59 Å². The first-order valence-electron chi connectivity index (χ1n) is 8.95. The number of fused-ring (bicyclic) bond motifs is 1. The number of carbonyl (C=O) groups is 2. The standard InChI is InChI=1S/C19H27N3O5/c1-19(2,3)27-16(23)14(22-18(24)25-4)10-7-8-12-20-17-21-13-9-5-6-11-15(13)26-17/h5-6,9,11,14H,7-8,10,12H2,1-4H3,(H,20,21)(H,22,24). The van der Waals surface area contributed by atoms with E-state index in [0.29, 0.717) is 25.4 Å². The molecule has 2 rings (SSSR count). The zero-order valence-electron chi connectivity index (χ0n) is 16.2. The lowest BCUT2D eigenvalue weighted by Crippen LogP contribution is -2.44. The Bertz CT molecular complexity index is 733. The van der Waals surface area contributed by atoms with Crippen molar-refractivity contribution in [2.75, 3.05) is 19.0 Å². The van der Waals surface area contributed by atoms with Crippen molar-refractivity contribution < 1.29 is 23.5 Å². The molecule has 0 aliphatic carbocycles. The zero-order valence-corrected chi connectivity index (χ0v) is 16.2. The first-order valence-corrected chi connectivity index (χ1v) is 8.95. The molecule has 1 unspecified atom stereocenters. The van der Waals surface area contributed by atoms with E-state index in [-0.39, 0.29) is 0 Å². The lowest BCUT2D eigenvalue weighted by atomic mass is 10.1. The summed E-state index contributed by atoms with van der Waals surface area (Å²) in [6.07, 6.45) is 1.25. The largest absolute Gasteiger partial charge is 0.458 e. The van der Waals surface area contributed by atoms with Crippen molar-refractivity contribution in [3.8, 4) is 0 Å².